The summed E-state index contributed by atoms with van der Waals surface area (Å²) in [5, 5.41) is 4.50. The fraction of sp³-hybridized carbons (Fsp3) is 0.769. The van der Waals surface area contributed by atoms with Crippen LogP contribution in [-0.4, -0.2) is 54.5 Å². The molecule has 21 heavy (non-hydrogen) atoms. The molecule has 2 rings (SSSR count). The Kier molecular flexibility index (Phi) is 6.09. The summed E-state index contributed by atoms with van der Waals surface area (Å²) < 4.78 is 26.8. The third-order valence-corrected chi connectivity index (χ3v) is 4.85. The lowest BCUT2D eigenvalue weighted by Crippen LogP contribution is -2.25. The smallest absolute Gasteiger partial charge is 0.209 e. The van der Waals surface area contributed by atoms with E-state index in [1.165, 1.54) is 24.1 Å². The monoisotopic (exact) mass is 332 g/mol. The molecule has 0 bridgehead atoms. The normalized spacial score (nSPS) is 16.7. The third kappa shape index (κ3) is 5.61. The van der Waals surface area contributed by atoms with Crippen molar-refractivity contribution < 1.29 is 8.42 Å². The predicted molar refractivity (Wildman–Crippen MR) is 86.8 cm³/mol. The van der Waals surface area contributed by atoms with Gasteiger partial charge >= 0.3 is 0 Å². The zero-order valence-electron chi connectivity index (χ0n) is 12.7. The molecule has 0 spiro atoms. The number of fused-ring (bicyclic) bond motifs is 1. The number of nitrogens with one attached hydrogen (secondary N) is 1. The van der Waals surface area contributed by atoms with Crippen LogP contribution in [0.3, 0.4) is 0 Å². The average molecular weight is 332 g/mol. The van der Waals surface area contributed by atoms with Crippen LogP contribution >= 0.6 is 11.8 Å². The lowest BCUT2D eigenvalue weighted by atomic mass is 10.3. The molecule has 0 saturated heterocycles. The van der Waals surface area contributed by atoms with Crippen LogP contribution in [0.4, 0.5) is 0 Å². The van der Waals surface area contributed by atoms with Crippen molar-refractivity contribution in [2.24, 2.45) is 0 Å². The number of hydrogen-bond acceptors (Lipinski definition) is 5. The van der Waals surface area contributed by atoms with Crippen molar-refractivity contribution in [2.45, 2.75) is 32.5 Å². The number of hydrogen-bond donors (Lipinski definition) is 1. The van der Waals surface area contributed by atoms with Crippen molar-refractivity contribution in [3.8, 4) is 0 Å². The average Bonchev–Trinajstić information content (AvgIpc) is 2.69. The van der Waals surface area contributed by atoms with E-state index >= 15 is 0 Å². The molecule has 0 amide bonds. The molecule has 0 aromatic carbocycles. The minimum absolute atomic E-state index is 0.269. The van der Waals surface area contributed by atoms with Crippen LogP contribution in [0.15, 0.2) is 6.07 Å². The molecule has 0 atom stereocenters. The van der Waals surface area contributed by atoms with E-state index in [1.54, 1.807) is 0 Å². The van der Waals surface area contributed by atoms with Gasteiger partial charge in [-0.25, -0.2) is 13.1 Å². The molecule has 8 heteroatoms. The van der Waals surface area contributed by atoms with Crippen molar-refractivity contribution in [3.05, 3.63) is 17.5 Å². The molecule has 1 aliphatic rings. The van der Waals surface area contributed by atoms with E-state index in [0.717, 1.165) is 38.3 Å². The number of sulfonamides is 1. The first-order valence-corrected chi connectivity index (χ1v) is 10.5. The third-order valence-electron chi connectivity index (χ3n) is 3.48. The van der Waals surface area contributed by atoms with E-state index in [9.17, 15) is 8.42 Å². The van der Waals surface area contributed by atoms with E-state index in [4.69, 9.17) is 0 Å². The molecule has 1 aliphatic heterocycles. The van der Waals surface area contributed by atoms with Gasteiger partial charge in [0.1, 0.15) is 0 Å². The van der Waals surface area contributed by atoms with Gasteiger partial charge in [0.2, 0.25) is 10.0 Å². The fourth-order valence-electron chi connectivity index (χ4n) is 2.50. The lowest BCUT2D eigenvalue weighted by molar-refractivity contribution is 0.271. The second-order valence-electron chi connectivity index (χ2n) is 5.42. The summed E-state index contributed by atoms with van der Waals surface area (Å²) >= 11 is 1.88. The Morgan fingerprint density at radius 2 is 2.24 bits per heavy atom. The number of nitrogens with zero attached hydrogens (tertiary/aromatic N) is 3. The molecule has 6 nitrogen and oxygen atoms in total. The summed E-state index contributed by atoms with van der Waals surface area (Å²) in [4.78, 5) is 2.46. The Morgan fingerprint density at radius 3 is 2.95 bits per heavy atom. The van der Waals surface area contributed by atoms with Gasteiger partial charge in [0, 0.05) is 19.6 Å². The Balaban J connectivity index is 1.96. The summed E-state index contributed by atoms with van der Waals surface area (Å²) in [5.74, 6) is 1.19. The summed E-state index contributed by atoms with van der Waals surface area (Å²) in [6.07, 6.45) is 5.60. The molecule has 0 fully saturated rings. The van der Waals surface area contributed by atoms with E-state index in [-0.39, 0.29) is 6.54 Å². The van der Waals surface area contributed by atoms with Crippen molar-refractivity contribution in [3.63, 3.8) is 0 Å². The minimum atomic E-state index is -3.17. The maximum Gasteiger partial charge on any atom is 0.209 e. The zero-order valence-corrected chi connectivity index (χ0v) is 14.3. The van der Waals surface area contributed by atoms with Crippen molar-refractivity contribution in [1.82, 2.24) is 19.4 Å². The SMILES string of the molecule is CSCCCN1CCCn2nc(CNS(C)(=O)=O)cc2C1. The van der Waals surface area contributed by atoms with Gasteiger partial charge in [-0.15, -0.1) is 0 Å². The lowest BCUT2D eigenvalue weighted by Gasteiger charge is -2.18. The largest absolute Gasteiger partial charge is 0.297 e. The molecule has 0 aliphatic carbocycles. The Morgan fingerprint density at radius 1 is 1.43 bits per heavy atom. The van der Waals surface area contributed by atoms with Gasteiger partial charge in [-0.2, -0.15) is 16.9 Å². The van der Waals surface area contributed by atoms with E-state index in [1.807, 2.05) is 22.5 Å². The van der Waals surface area contributed by atoms with Crippen LogP contribution in [0.1, 0.15) is 24.2 Å². The van der Waals surface area contributed by atoms with Crippen LogP contribution in [0.25, 0.3) is 0 Å². The van der Waals surface area contributed by atoms with Crippen LogP contribution in [0.5, 0.6) is 0 Å². The second-order valence-corrected chi connectivity index (χ2v) is 8.24. The summed E-state index contributed by atoms with van der Waals surface area (Å²) in [6.45, 7) is 4.30. The molecule has 1 aromatic heterocycles. The van der Waals surface area contributed by atoms with Gasteiger partial charge in [-0.3, -0.25) is 9.58 Å². The van der Waals surface area contributed by atoms with E-state index in [0.29, 0.717) is 0 Å². The Labute approximate surface area is 131 Å². The number of aryl methyl sites for hydroxylation is 1. The fourth-order valence-corrected chi connectivity index (χ4v) is 3.33. The number of thioether (sulfide) groups is 1. The highest BCUT2D eigenvalue weighted by Crippen LogP contribution is 2.14. The van der Waals surface area contributed by atoms with Crippen LogP contribution in [0, 0.1) is 0 Å². The highest BCUT2D eigenvalue weighted by atomic mass is 32.2. The summed E-state index contributed by atoms with van der Waals surface area (Å²) in [6, 6.07) is 2.02. The second kappa shape index (κ2) is 7.62. The zero-order chi connectivity index (χ0) is 15.3. The Hall–Kier alpha value is -0.570. The van der Waals surface area contributed by atoms with Gasteiger partial charge in [0.15, 0.2) is 0 Å². The maximum absolute atomic E-state index is 11.1. The molecule has 120 valence electrons. The molecular weight excluding hydrogens is 308 g/mol. The van der Waals surface area contributed by atoms with Gasteiger partial charge < -0.3 is 0 Å². The van der Waals surface area contributed by atoms with Crippen LogP contribution in [-0.2, 0) is 29.7 Å². The highest BCUT2D eigenvalue weighted by Gasteiger charge is 2.16. The summed E-state index contributed by atoms with van der Waals surface area (Å²) in [7, 11) is -3.17. The van der Waals surface area contributed by atoms with Gasteiger partial charge in [0.25, 0.3) is 0 Å². The number of rotatable bonds is 7. The van der Waals surface area contributed by atoms with E-state index in [2.05, 4.69) is 21.0 Å². The molecule has 1 aromatic rings. The van der Waals surface area contributed by atoms with Crippen LogP contribution < -0.4 is 4.72 Å². The first-order chi connectivity index (χ1) is 9.98. The van der Waals surface area contributed by atoms with Crippen molar-refractivity contribution in [1.29, 1.82) is 0 Å². The van der Waals surface area contributed by atoms with E-state index < -0.39 is 10.0 Å². The maximum atomic E-state index is 11.1. The number of aromatic nitrogens is 2. The topological polar surface area (TPSA) is 67.2 Å². The molecular formula is C13H24N4O2S2. The standard InChI is InChI=1S/C13H24N4O2S2/c1-20-8-4-6-16-5-3-7-17-13(11-16)9-12(15-17)10-14-21(2,18)19/h9,14H,3-8,10-11H2,1-2H3. The minimum Gasteiger partial charge on any atom is -0.297 e. The quantitative estimate of drug-likeness (QED) is 0.751. The first kappa shape index (κ1) is 16.8. The van der Waals surface area contributed by atoms with Gasteiger partial charge in [-0.05, 0) is 37.5 Å². The van der Waals surface area contributed by atoms with Crippen LogP contribution in [0.2, 0.25) is 0 Å². The molecule has 2 heterocycles. The Bertz CT molecular complexity index is 557. The molecule has 0 unspecified atom stereocenters. The molecule has 1 N–H and O–H groups in total. The highest BCUT2D eigenvalue weighted by molar-refractivity contribution is 7.98. The van der Waals surface area contributed by atoms with Gasteiger partial charge in [-0.1, -0.05) is 0 Å². The van der Waals surface area contributed by atoms with Gasteiger partial charge in [0.05, 0.1) is 24.2 Å². The molecule has 0 radical (unpaired) electrons. The van der Waals surface area contributed by atoms with Crippen molar-refractivity contribution in [2.75, 3.05) is 31.4 Å². The van der Waals surface area contributed by atoms with Crippen molar-refractivity contribution >= 4 is 21.8 Å². The predicted octanol–water partition coefficient (Wildman–Crippen LogP) is 0.891. The molecule has 0 saturated carbocycles. The first-order valence-electron chi connectivity index (χ1n) is 7.19. The summed E-state index contributed by atoms with van der Waals surface area (Å²) in [5.41, 5.74) is 1.98.